The van der Waals surface area contributed by atoms with Gasteiger partial charge in [-0.05, 0) is 50.4 Å². The van der Waals surface area contributed by atoms with Gasteiger partial charge >= 0.3 is 11.9 Å². The number of para-hydroxylation sites is 1. The van der Waals surface area contributed by atoms with Crippen LogP contribution in [0.15, 0.2) is 67.0 Å². The normalized spacial score (nSPS) is 21.3. The molecule has 1 saturated heterocycles. The van der Waals surface area contributed by atoms with Crippen molar-refractivity contribution in [2.45, 2.75) is 56.1 Å². The number of aldehydes is 1. The molecule has 0 bridgehead atoms. The lowest BCUT2D eigenvalue weighted by atomic mass is 9.76. The van der Waals surface area contributed by atoms with Crippen molar-refractivity contribution in [3.05, 3.63) is 78.2 Å². The molecule has 2 unspecified atom stereocenters. The molecule has 4 aromatic rings. The Bertz CT molecular complexity index is 1680. The maximum atomic E-state index is 14.4. The number of nitrogens with one attached hydrogen (secondary N) is 1. The molecule has 3 heterocycles. The monoisotopic (exact) mass is 624 g/mol. The number of fused-ring (bicyclic) bond motifs is 1. The fourth-order valence-corrected chi connectivity index (χ4v) is 6.99. The van der Waals surface area contributed by atoms with Crippen LogP contribution < -0.4 is 11.1 Å². The Morgan fingerprint density at radius 1 is 0.957 bits per heavy atom. The number of carbonyl (C=O) groups excluding carboxylic acids is 3. The van der Waals surface area contributed by atoms with Gasteiger partial charge in [0.15, 0.2) is 11.2 Å². The average molecular weight is 625 g/mol. The van der Waals surface area contributed by atoms with Crippen molar-refractivity contribution in [3.8, 4) is 0 Å². The maximum absolute atomic E-state index is 14.4. The van der Waals surface area contributed by atoms with Gasteiger partial charge in [-0.25, -0.2) is 19.4 Å². The second-order valence-corrected chi connectivity index (χ2v) is 12.3. The van der Waals surface area contributed by atoms with Crippen molar-refractivity contribution >= 4 is 40.8 Å². The molecule has 12 heteroatoms. The largest absolute Gasteiger partial charge is 0.391 e. The number of esters is 2. The van der Waals surface area contributed by atoms with E-state index in [9.17, 15) is 14.4 Å². The van der Waals surface area contributed by atoms with Crippen LogP contribution in [-0.2, 0) is 24.7 Å². The first kappa shape index (κ1) is 31.3. The zero-order valence-corrected chi connectivity index (χ0v) is 26.2. The summed E-state index contributed by atoms with van der Waals surface area (Å²) in [6, 6.07) is 18.3. The fraction of sp³-hybridized carbons (Fsp3) is 0.412. The topological polar surface area (TPSA) is 149 Å². The molecule has 2 aromatic heterocycles. The van der Waals surface area contributed by atoms with Crippen molar-refractivity contribution in [2.24, 2.45) is 0 Å². The summed E-state index contributed by atoms with van der Waals surface area (Å²) in [7, 11) is 2.16. The predicted molar refractivity (Wildman–Crippen MR) is 174 cm³/mol. The van der Waals surface area contributed by atoms with Crippen LogP contribution in [0.1, 0.15) is 55.8 Å². The predicted octanol–water partition coefficient (Wildman–Crippen LogP) is 3.52. The number of benzene rings is 2. The molecule has 2 aliphatic rings. The molecule has 0 spiro atoms. The Kier molecular flexibility index (Phi) is 9.09. The summed E-state index contributed by atoms with van der Waals surface area (Å²) in [4.78, 5) is 53.8. The first-order valence-corrected chi connectivity index (χ1v) is 15.8. The fourth-order valence-electron chi connectivity index (χ4n) is 6.99. The molecule has 6 rings (SSSR count). The Hall–Kier alpha value is -4.68. The van der Waals surface area contributed by atoms with E-state index in [0.29, 0.717) is 34.6 Å². The van der Waals surface area contributed by atoms with Gasteiger partial charge in [0, 0.05) is 44.8 Å². The van der Waals surface area contributed by atoms with Crippen LogP contribution in [-0.4, -0.2) is 87.0 Å². The van der Waals surface area contributed by atoms with Crippen molar-refractivity contribution in [3.63, 3.8) is 0 Å². The molecule has 1 saturated carbocycles. The molecule has 0 amide bonds. The van der Waals surface area contributed by atoms with E-state index in [2.05, 4.69) is 32.1 Å². The Balaban J connectivity index is 1.50. The van der Waals surface area contributed by atoms with Gasteiger partial charge in [0.1, 0.15) is 24.1 Å². The number of piperazine rings is 1. The number of nitrogen functional groups attached to an aromatic ring is 1. The first-order valence-electron chi connectivity index (χ1n) is 15.8. The smallest absolute Gasteiger partial charge is 0.346 e. The number of nitrogens with two attached hydrogens (primary N) is 1. The molecule has 2 atom stereocenters. The summed E-state index contributed by atoms with van der Waals surface area (Å²) in [5, 5.41) is 8.72. The van der Waals surface area contributed by atoms with E-state index in [0.717, 1.165) is 58.8 Å². The number of hydrogen-bond donors (Lipinski definition) is 2. The lowest BCUT2D eigenvalue weighted by Gasteiger charge is -2.41. The first-order chi connectivity index (χ1) is 22.3. The molecule has 2 fully saturated rings. The van der Waals surface area contributed by atoms with Gasteiger partial charge < -0.3 is 25.5 Å². The van der Waals surface area contributed by atoms with E-state index in [1.165, 1.54) is 6.33 Å². The molecular formula is C34H40N8O4. The number of likely N-dealkylation sites (N-methyl/N-ethyl adjacent to an activating group) is 1. The van der Waals surface area contributed by atoms with E-state index in [1.54, 1.807) is 48.5 Å². The van der Waals surface area contributed by atoms with Gasteiger partial charge in [-0.3, -0.25) is 9.69 Å². The summed E-state index contributed by atoms with van der Waals surface area (Å²) in [5.41, 5.74) is 6.14. The molecule has 12 nitrogen and oxygen atoms in total. The van der Waals surface area contributed by atoms with Crippen molar-refractivity contribution in [1.29, 1.82) is 0 Å². The minimum Gasteiger partial charge on any atom is -0.391 e. The molecule has 1 aliphatic heterocycles. The number of aromatic nitrogens is 4. The van der Waals surface area contributed by atoms with E-state index in [1.807, 2.05) is 16.8 Å². The van der Waals surface area contributed by atoms with Crippen LogP contribution in [0.25, 0.3) is 11.0 Å². The molecule has 1 aliphatic carbocycles. The second-order valence-electron chi connectivity index (χ2n) is 12.3. The molecule has 0 radical (unpaired) electrons. The molecule has 2 aromatic carbocycles. The standard InChI is InChI=1S/C34H40N8O4/c1-23(44)46-33(45)34(38-25-11-7-4-8-12-25,28(21-43)24-9-5-3-6-10-24)30-29-31(35)36-22-37-32(29)42(39-30)27-15-13-26(14-16-27)41-19-17-40(2)18-20-41/h3-12,21-22,26-28,38H,13-20H2,1-2H3,(H2,35,36,37). The minimum atomic E-state index is -2.02. The lowest BCUT2D eigenvalue weighted by molar-refractivity contribution is -0.163. The van der Waals surface area contributed by atoms with Crippen molar-refractivity contribution in [2.75, 3.05) is 44.3 Å². The van der Waals surface area contributed by atoms with Crippen LogP contribution in [0.3, 0.4) is 0 Å². The van der Waals surface area contributed by atoms with Gasteiger partial charge in [0.25, 0.3) is 0 Å². The zero-order chi connectivity index (χ0) is 32.3. The highest BCUT2D eigenvalue weighted by Gasteiger charge is 2.54. The zero-order valence-electron chi connectivity index (χ0n) is 26.2. The van der Waals surface area contributed by atoms with Crippen LogP contribution in [0.5, 0.6) is 0 Å². The summed E-state index contributed by atoms with van der Waals surface area (Å²) in [6.07, 6.45) is 5.75. The van der Waals surface area contributed by atoms with Gasteiger partial charge in [-0.15, -0.1) is 0 Å². The SMILES string of the molecule is CC(=O)OC(=O)C(Nc1ccccc1)(c1nn(C2CCC(N3CCN(C)CC3)CC2)c2ncnc(N)c12)C(C=O)c1ccccc1. The number of ether oxygens (including phenoxy) is 1. The van der Waals surface area contributed by atoms with E-state index in [4.69, 9.17) is 15.6 Å². The number of rotatable bonds is 9. The second kappa shape index (κ2) is 13.4. The summed E-state index contributed by atoms with van der Waals surface area (Å²) >= 11 is 0. The van der Waals surface area contributed by atoms with Crippen molar-refractivity contribution < 1.29 is 19.1 Å². The van der Waals surface area contributed by atoms with E-state index in [-0.39, 0.29) is 17.6 Å². The van der Waals surface area contributed by atoms with Crippen LogP contribution in [0.4, 0.5) is 11.5 Å². The van der Waals surface area contributed by atoms with Crippen LogP contribution in [0.2, 0.25) is 0 Å². The number of carbonyl (C=O) groups is 3. The van der Waals surface area contributed by atoms with Gasteiger partial charge in [0.2, 0.25) is 0 Å². The Labute approximate surface area is 267 Å². The summed E-state index contributed by atoms with van der Waals surface area (Å²) < 4.78 is 7.17. The number of hydrogen-bond acceptors (Lipinski definition) is 11. The number of nitrogens with zero attached hydrogens (tertiary/aromatic N) is 6. The number of anilines is 2. The molecular weight excluding hydrogens is 584 g/mol. The maximum Gasteiger partial charge on any atom is 0.346 e. The van der Waals surface area contributed by atoms with Gasteiger partial charge in [0.05, 0.1) is 17.3 Å². The average Bonchev–Trinajstić information content (AvgIpc) is 3.47. The van der Waals surface area contributed by atoms with Crippen LogP contribution in [0, 0.1) is 0 Å². The minimum absolute atomic E-state index is 0.0288. The molecule has 3 N–H and O–H groups in total. The highest BCUT2D eigenvalue weighted by Crippen LogP contribution is 2.45. The summed E-state index contributed by atoms with van der Waals surface area (Å²) in [5.74, 6) is -2.89. The summed E-state index contributed by atoms with van der Waals surface area (Å²) in [6.45, 7) is 5.40. The molecule has 240 valence electrons. The third-order valence-electron chi connectivity index (χ3n) is 9.39. The van der Waals surface area contributed by atoms with E-state index < -0.39 is 23.4 Å². The Morgan fingerprint density at radius 3 is 2.22 bits per heavy atom. The van der Waals surface area contributed by atoms with Gasteiger partial charge in [-0.1, -0.05) is 48.5 Å². The lowest BCUT2D eigenvalue weighted by Crippen LogP contribution is -2.51. The van der Waals surface area contributed by atoms with E-state index >= 15 is 0 Å². The van der Waals surface area contributed by atoms with Crippen molar-refractivity contribution in [1.82, 2.24) is 29.5 Å². The van der Waals surface area contributed by atoms with Gasteiger partial charge in [-0.2, -0.15) is 5.10 Å². The molecule has 46 heavy (non-hydrogen) atoms. The highest BCUT2D eigenvalue weighted by atomic mass is 16.6. The quantitative estimate of drug-likeness (QED) is 0.160. The highest BCUT2D eigenvalue weighted by molar-refractivity contribution is 6.02. The third-order valence-corrected chi connectivity index (χ3v) is 9.39. The third kappa shape index (κ3) is 5.97. The van der Waals surface area contributed by atoms with Crippen LogP contribution >= 0.6 is 0 Å². The Morgan fingerprint density at radius 2 is 1.59 bits per heavy atom.